The number of hydrogen-bond acceptors (Lipinski definition) is 3. The van der Waals surface area contributed by atoms with Crippen LogP contribution in [0.4, 0.5) is 14.5 Å². The Kier molecular flexibility index (Phi) is 4.01. The van der Waals surface area contributed by atoms with Gasteiger partial charge in [-0.3, -0.25) is 14.6 Å². The van der Waals surface area contributed by atoms with Crippen LogP contribution in [0, 0.1) is 11.6 Å². The summed E-state index contributed by atoms with van der Waals surface area (Å²) in [4.78, 5) is 30.9. The van der Waals surface area contributed by atoms with Gasteiger partial charge >= 0.3 is 11.8 Å². The lowest BCUT2D eigenvalue weighted by atomic mass is 10.2. The van der Waals surface area contributed by atoms with Crippen molar-refractivity contribution >= 4 is 17.5 Å². The highest BCUT2D eigenvalue weighted by molar-refractivity contribution is 6.40. The van der Waals surface area contributed by atoms with Crippen molar-refractivity contribution in [3.63, 3.8) is 0 Å². The molecule has 2 aromatic rings. The number of carbonyl (C=O) groups excluding carboxylic acids is 2. The van der Waals surface area contributed by atoms with Crippen LogP contribution in [0.15, 0.2) is 42.7 Å². The van der Waals surface area contributed by atoms with Crippen LogP contribution in [0.25, 0.3) is 0 Å². The fourth-order valence-electron chi connectivity index (χ4n) is 2.43. The van der Waals surface area contributed by atoms with Crippen molar-refractivity contribution in [1.29, 1.82) is 0 Å². The van der Waals surface area contributed by atoms with Gasteiger partial charge in [-0.1, -0.05) is 0 Å². The van der Waals surface area contributed by atoms with E-state index in [0.717, 1.165) is 22.6 Å². The van der Waals surface area contributed by atoms with Crippen molar-refractivity contribution in [1.82, 2.24) is 9.88 Å². The van der Waals surface area contributed by atoms with Gasteiger partial charge in [0.25, 0.3) is 0 Å². The molecule has 118 valence electrons. The van der Waals surface area contributed by atoms with Crippen molar-refractivity contribution in [3.8, 4) is 0 Å². The molecule has 23 heavy (non-hydrogen) atoms. The molecule has 1 aliphatic rings. The van der Waals surface area contributed by atoms with Gasteiger partial charge in [0.15, 0.2) is 11.6 Å². The maximum atomic E-state index is 13.3. The number of rotatable bonds is 3. The molecule has 5 nitrogen and oxygen atoms in total. The molecule has 1 aromatic heterocycles. The minimum absolute atomic E-state index is 0.172. The topological polar surface area (TPSA) is 53.5 Å². The fraction of sp³-hybridized carbons (Fsp3) is 0.188. The summed E-state index contributed by atoms with van der Waals surface area (Å²) in [5.74, 6) is -3.47. The second kappa shape index (κ2) is 6.12. The third-order valence-electron chi connectivity index (χ3n) is 3.65. The smallest absolute Gasteiger partial charge is 0.316 e. The first-order valence-electron chi connectivity index (χ1n) is 7.01. The SMILES string of the molecule is O=C1C(=O)N(c2ccc(F)c(F)c2)CCN1Cc1ccncc1. The average molecular weight is 317 g/mol. The number of nitrogens with zero attached hydrogens (tertiary/aromatic N) is 3. The lowest BCUT2D eigenvalue weighted by Crippen LogP contribution is -2.54. The Balaban J connectivity index is 1.76. The van der Waals surface area contributed by atoms with Gasteiger partial charge in [0.1, 0.15) is 0 Å². The summed E-state index contributed by atoms with van der Waals surface area (Å²) in [5.41, 5.74) is 1.04. The highest BCUT2D eigenvalue weighted by Crippen LogP contribution is 2.21. The van der Waals surface area contributed by atoms with Gasteiger partial charge in [-0.2, -0.15) is 0 Å². The minimum Gasteiger partial charge on any atom is -0.328 e. The lowest BCUT2D eigenvalue weighted by molar-refractivity contribution is -0.146. The Morgan fingerprint density at radius 1 is 0.957 bits per heavy atom. The zero-order valence-corrected chi connectivity index (χ0v) is 12.1. The summed E-state index contributed by atoms with van der Waals surface area (Å²) in [6, 6.07) is 6.66. The van der Waals surface area contributed by atoms with Gasteiger partial charge in [0.05, 0.1) is 0 Å². The van der Waals surface area contributed by atoms with Crippen LogP contribution in [-0.4, -0.2) is 34.8 Å². The molecule has 0 N–H and O–H groups in total. The van der Waals surface area contributed by atoms with Crippen molar-refractivity contribution in [2.24, 2.45) is 0 Å². The molecular weight excluding hydrogens is 304 g/mol. The van der Waals surface area contributed by atoms with Gasteiger partial charge in [-0.05, 0) is 29.8 Å². The Labute approximate surface area is 131 Å². The van der Waals surface area contributed by atoms with E-state index >= 15 is 0 Å². The maximum Gasteiger partial charge on any atom is 0.316 e. The van der Waals surface area contributed by atoms with Gasteiger partial charge in [-0.25, -0.2) is 8.78 Å². The van der Waals surface area contributed by atoms with Crippen molar-refractivity contribution in [2.75, 3.05) is 18.0 Å². The van der Waals surface area contributed by atoms with E-state index in [1.165, 1.54) is 11.0 Å². The van der Waals surface area contributed by atoms with Gasteiger partial charge < -0.3 is 9.80 Å². The molecule has 0 aliphatic carbocycles. The molecule has 1 aromatic carbocycles. The number of benzene rings is 1. The third kappa shape index (κ3) is 3.03. The van der Waals surface area contributed by atoms with E-state index in [-0.39, 0.29) is 12.2 Å². The molecule has 2 heterocycles. The molecule has 0 bridgehead atoms. The largest absolute Gasteiger partial charge is 0.328 e. The molecule has 0 atom stereocenters. The monoisotopic (exact) mass is 317 g/mol. The normalized spacial score (nSPS) is 15.2. The Hall–Kier alpha value is -2.83. The van der Waals surface area contributed by atoms with Gasteiger partial charge in [0.2, 0.25) is 0 Å². The van der Waals surface area contributed by atoms with Crippen LogP contribution in [-0.2, 0) is 16.1 Å². The molecule has 0 unspecified atom stereocenters. The van der Waals surface area contributed by atoms with E-state index in [1.54, 1.807) is 24.5 Å². The van der Waals surface area contributed by atoms with E-state index in [9.17, 15) is 18.4 Å². The first-order chi connectivity index (χ1) is 11.1. The Morgan fingerprint density at radius 2 is 1.70 bits per heavy atom. The molecule has 7 heteroatoms. The van der Waals surface area contributed by atoms with E-state index in [4.69, 9.17) is 0 Å². The molecular formula is C16H13F2N3O2. The molecule has 3 rings (SSSR count). The average Bonchev–Trinajstić information content (AvgIpc) is 2.56. The molecule has 2 amide bonds. The van der Waals surface area contributed by atoms with Crippen LogP contribution >= 0.6 is 0 Å². The minimum atomic E-state index is -1.05. The number of amides is 2. The predicted molar refractivity (Wildman–Crippen MR) is 78.4 cm³/mol. The zero-order valence-electron chi connectivity index (χ0n) is 12.1. The summed E-state index contributed by atoms with van der Waals surface area (Å²) >= 11 is 0. The van der Waals surface area contributed by atoms with Crippen LogP contribution in [0.1, 0.15) is 5.56 Å². The van der Waals surface area contributed by atoms with Crippen LogP contribution < -0.4 is 4.90 Å². The lowest BCUT2D eigenvalue weighted by Gasteiger charge is -2.33. The number of anilines is 1. The zero-order chi connectivity index (χ0) is 16.4. The number of hydrogen-bond donors (Lipinski definition) is 0. The molecule has 0 spiro atoms. The second-order valence-electron chi connectivity index (χ2n) is 5.14. The van der Waals surface area contributed by atoms with E-state index in [0.29, 0.717) is 13.1 Å². The van der Waals surface area contributed by atoms with Crippen molar-refractivity contribution in [2.45, 2.75) is 6.54 Å². The van der Waals surface area contributed by atoms with E-state index in [1.807, 2.05) is 0 Å². The molecule has 0 saturated carbocycles. The number of carbonyl (C=O) groups is 2. The van der Waals surface area contributed by atoms with Crippen molar-refractivity contribution in [3.05, 3.63) is 59.9 Å². The Morgan fingerprint density at radius 3 is 2.39 bits per heavy atom. The fourth-order valence-corrected chi connectivity index (χ4v) is 2.43. The van der Waals surface area contributed by atoms with Gasteiger partial charge in [-0.15, -0.1) is 0 Å². The highest BCUT2D eigenvalue weighted by atomic mass is 19.2. The third-order valence-corrected chi connectivity index (χ3v) is 3.65. The summed E-state index contributed by atoms with van der Waals surface area (Å²) in [7, 11) is 0. The quantitative estimate of drug-likeness (QED) is 0.810. The number of pyridine rings is 1. The first kappa shape index (κ1) is 15.1. The van der Waals surface area contributed by atoms with E-state index in [2.05, 4.69) is 4.98 Å². The summed E-state index contributed by atoms with van der Waals surface area (Å²) in [6.45, 7) is 0.839. The highest BCUT2D eigenvalue weighted by Gasteiger charge is 2.33. The number of piperazine rings is 1. The van der Waals surface area contributed by atoms with Crippen LogP contribution in [0.3, 0.4) is 0 Å². The summed E-state index contributed by atoms with van der Waals surface area (Å²) < 4.78 is 26.3. The predicted octanol–water partition coefficient (Wildman–Crippen LogP) is 1.74. The molecule has 1 fully saturated rings. The second-order valence-corrected chi connectivity index (χ2v) is 5.14. The number of halogens is 2. The van der Waals surface area contributed by atoms with Crippen LogP contribution in [0.2, 0.25) is 0 Å². The molecule has 1 saturated heterocycles. The molecule has 1 aliphatic heterocycles. The molecule has 0 radical (unpaired) electrons. The summed E-state index contributed by atoms with van der Waals surface area (Å²) in [6.07, 6.45) is 3.22. The standard InChI is InChI=1S/C16H13F2N3O2/c17-13-2-1-12(9-14(13)18)21-8-7-20(15(22)16(21)23)10-11-3-5-19-6-4-11/h1-6,9H,7-8,10H2. The maximum absolute atomic E-state index is 13.3. The van der Waals surface area contributed by atoms with E-state index < -0.39 is 23.4 Å². The van der Waals surface area contributed by atoms with Crippen molar-refractivity contribution < 1.29 is 18.4 Å². The van der Waals surface area contributed by atoms with Gasteiger partial charge in [0, 0.05) is 43.8 Å². The van der Waals surface area contributed by atoms with Crippen LogP contribution in [0.5, 0.6) is 0 Å². The Bertz CT molecular complexity index is 752. The first-order valence-corrected chi connectivity index (χ1v) is 7.01. The summed E-state index contributed by atoms with van der Waals surface area (Å²) in [5, 5.41) is 0. The number of aromatic nitrogens is 1.